The number of terminal acetylenes is 1. The fourth-order valence-corrected chi connectivity index (χ4v) is 9.15. The van der Waals surface area contributed by atoms with Gasteiger partial charge in [-0.3, -0.25) is 14.2 Å². The van der Waals surface area contributed by atoms with Crippen molar-refractivity contribution in [2.24, 2.45) is 5.41 Å². The van der Waals surface area contributed by atoms with Crippen LogP contribution >= 0.6 is 8.53 Å². The van der Waals surface area contributed by atoms with Gasteiger partial charge in [0.05, 0.1) is 45.3 Å². The predicted octanol–water partition coefficient (Wildman–Crippen LogP) is 7.16. The number of ether oxygens (including phenoxy) is 6. The standard InChI is InChI=1S/C48H59N4O11P/c1-11-29-58-43-42(63-64(61-30-15-27-49)52(33(2)3)34(4)5)40(62-44(43)50-28-26-41(53)51(46(50)55)32-59-45(54)47(6,7)8)31-60-48(35-16-13-12-14-17-35,36-18-22-38(56-9)23-19-36)37-20-24-39(57-10)25-21-37/h1,12-14,16-26,28,33-34,40,42-44H,15,29-32H2,2-10H3/t40-,42-,43-,44-,64?/m1/s1. The van der Waals surface area contributed by atoms with E-state index in [1.807, 2.05) is 107 Å². The number of carbonyl (C=O) groups excluding carboxylic acids is 1. The van der Waals surface area contributed by atoms with Gasteiger partial charge in [-0.2, -0.15) is 5.26 Å². The van der Waals surface area contributed by atoms with Crippen molar-refractivity contribution in [1.29, 1.82) is 5.26 Å². The van der Waals surface area contributed by atoms with E-state index < -0.39 is 68.0 Å². The predicted molar refractivity (Wildman–Crippen MR) is 241 cm³/mol. The first kappa shape index (κ1) is 49.7. The first-order chi connectivity index (χ1) is 30.6. The van der Waals surface area contributed by atoms with Crippen LogP contribution in [0.4, 0.5) is 0 Å². The molecule has 0 bridgehead atoms. The van der Waals surface area contributed by atoms with E-state index in [9.17, 15) is 19.6 Å². The van der Waals surface area contributed by atoms with Gasteiger partial charge in [-0.15, -0.1) is 6.42 Å². The Morgan fingerprint density at radius 1 is 0.875 bits per heavy atom. The molecular formula is C48H59N4O11P. The largest absolute Gasteiger partial charge is 0.497 e. The molecule has 15 nitrogen and oxygen atoms in total. The van der Waals surface area contributed by atoms with E-state index in [1.54, 1.807) is 35.0 Å². The molecule has 5 atom stereocenters. The lowest BCUT2D eigenvalue weighted by Crippen LogP contribution is -2.45. The van der Waals surface area contributed by atoms with Crippen molar-refractivity contribution in [2.75, 3.05) is 34.0 Å². The van der Waals surface area contributed by atoms with Crippen LogP contribution in [0.15, 0.2) is 101 Å². The van der Waals surface area contributed by atoms with Crippen molar-refractivity contribution < 1.29 is 42.3 Å². The molecule has 3 aromatic carbocycles. The molecule has 4 aromatic rings. The number of benzene rings is 3. The molecule has 0 N–H and O–H groups in total. The van der Waals surface area contributed by atoms with E-state index in [0.717, 1.165) is 21.3 Å². The van der Waals surface area contributed by atoms with Crippen LogP contribution < -0.4 is 20.7 Å². The Morgan fingerprint density at radius 3 is 1.97 bits per heavy atom. The average Bonchev–Trinajstić information content (AvgIpc) is 3.61. The van der Waals surface area contributed by atoms with Gasteiger partial charge in [0.2, 0.25) is 0 Å². The number of nitriles is 1. The van der Waals surface area contributed by atoms with E-state index in [0.29, 0.717) is 11.5 Å². The summed E-state index contributed by atoms with van der Waals surface area (Å²) in [6.45, 7) is 12.1. The average molecular weight is 899 g/mol. The molecule has 1 saturated heterocycles. The highest BCUT2D eigenvalue weighted by molar-refractivity contribution is 7.44. The number of carbonyl (C=O) groups is 1. The van der Waals surface area contributed by atoms with Crippen LogP contribution in [0.1, 0.15) is 77.8 Å². The van der Waals surface area contributed by atoms with Crippen LogP contribution in [0, 0.1) is 29.1 Å². The molecule has 342 valence electrons. The highest BCUT2D eigenvalue weighted by Gasteiger charge is 2.51. The molecule has 1 aromatic heterocycles. The van der Waals surface area contributed by atoms with Crippen molar-refractivity contribution in [2.45, 2.75) is 104 Å². The molecule has 5 rings (SSSR count). The SMILES string of the molecule is C#CCO[C@@H]1[C@H](OP(OCCC#N)N(C(C)C)C(C)C)[C@@H](COC(c2ccccc2)(c2ccc(OC)cc2)c2ccc(OC)cc2)O[C@H]1n1ccc(=O)n(COC(=O)C(C)(C)C)c1=O. The lowest BCUT2D eigenvalue weighted by atomic mass is 9.80. The normalized spacial score (nSPS) is 18.2. The lowest BCUT2D eigenvalue weighted by molar-refractivity contribution is -0.157. The highest BCUT2D eigenvalue weighted by Crippen LogP contribution is 2.51. The lowest BCUT2D eigenvalue weighted by Gasteiger charge is -2.39. The minimum atomic E-state index is -1.92. The third kappa shape index (κ3) is 11.5. The number of rotatable bonds is 21. The minimum absolute atomic E-state index is 0.0658. The van der Waals surface area contributed by atoms with Crippen LogP contribution in [0.2, 0.25) is 0 Å². The van der Waals surface area contributed by atoms with Crippen LogP contribution in [0.3, 0.4) is 0 Å². The van der Waals surface area contributed by atoms with E-state index in [-0.39, 0.29) is 38.3 Å². The summed E-state index contributed by atoms with van der Waals surface area (Å²) < 4.78 is 54.5. The molecule has 2 heterocycles. The quantitative estimate of drug-likeness (QED) is 0.0273. The smallest absolute Gasteiger partial charge is 0.335 e. The van der Waals surface area contributed by atoms with E-state index in [1.165, 1.54) is 16.8 Å². The maximum absolute atomic E-state index is 14.3. The third-order valence-electron chi connectivity index (χ3n) is 10.5. The second-order valence-electron chi connectivity index (χ2n) is 16.6. The molecule has 1 aliphatic heterocycles. The summed E-state index contributed by atoms with van der Waals surface area (Å²) in [4.78, 5) is 40.3. The van der Waals surface area contributed by atoms with Gasteiger partial charge in [0, 0.05) is 24.3 Å². The van der Waals surface area contributed by atoms with Gasteiger partial charge < -0.3 is 37.5 Å². The van der Waals surface area contributed by atoms with Crippen LogP contribution in [0.25, 0.3) is 0 Å². The minimum Gasteiger partial charge on any atom is -0.497 e. The molecule has 0 saturated carbocycles. The summed E-state index contributed by atoms with van der Waals surface area (Å²) >= 11 is 0. The summed E-state index contributed by atoms with van der Waals surface area (Å²) in [6, 6.07) is 28.1. The first-order valence-electron chi connectivity index (χ1n) is 21.0. The van der Waals surface area contributed by atoms with Gasteiger partial charge in [0.15, 0.2) is 13.0 Å². The number of aromatic nitrogens is 2. The van der Waals surface area contributed by atoms with E-state index in [2.05, 4.69) is 16.7 Å². The molecule has 1 unspecified atom stereocenters. The van der Waals surface area contributed by atoms with Gasteiger partial charge in [-0.25, -0.2) is 14.0 Å². The topological polar surface area (TPSA) is 162 Å². The summed E-state index contributed by atoms with van der Waals surface area (Å²) in [5.41, 5.74) is -1.38. The fraction of sp³-hybridized carbons (Fsp3) is 0.458. The molecular weight excluding hydrogens is 840 g/mol. The number of nitrogens with zero attached hydrogens (tertiary/aromatic N) is 4. The van der Waals surface area contributed by atoms with Crippen molar-refractivity contribution in [3.63, 3.8) is 0 Å². The molecule has 0 amide bonds. The van der Waals surface area contributed by atoms with Gasteiger partial charge in [-0.1, -0.05) is 60.5 Å². The van der Waals surface area contributed by atoms with E-state index in [4.69, 9.17) is 43.9 Å². The molecule has 0 aliphatic carbocycles. The zero-order valence-electron chi connectivity index (χ0n) is 38.0. The Morgan fingerprint density at radius 2 is 1.45 bits per heavy atom. The number of hydrogen-bond acceptors (Lipinski definition) is 13. The van der Waals surface area contributed by atoms with Crippen LogP contribution in [-0.4, -0.2) is 84.2 Å². The summed E-state index contributed by atoms with van der Waals surface area (Å²) in [6.07, 6.45) is 2.83. The van der Waals surface area contributed by atoms with Gasteiger partial charge in [0.25, 0.3) is 14.1 Å². The Bertz CT molecular complexity index is 2280. The summed E-state index contributed by atoms with van der Waals surface area (Å²) in [5.74, 6) is 3.21. The van der Waals surface area contributed by atoms with Gasteiger partial charge >= 0.3 is 11.7 Å². The van der Waals surface area contributed by atoms with E-state index >= 15 is 0 Å². The van der Waals surface area contributed by atoms with Crippen molar-refractivity contribution in [3.05, 3.63) is 129 Å². The molecule has 1 fully saturated rings. The Hall–Kier alpha value is -5.35. The molecule has 1 aliphatic rings. The highest BCUT2D eigenvalue weighted by atomic mass is 31.2. The van der Waals surface area contributed by atoms with Gasteiger partial charge in [-0.05, 0) is 89.4 Å². The number of methoxy groups -OCH3 is 2. The Kier molecular flexibility index (Phi) is 17.5. The second-order valence-corrected chi connectivity index (χ2v) is 18.0. The first-order valence-corrected chi connectivity index (χ1v) is 22.2. The maximum Gasteiger partial charge on any atom is 0.335 e. The van der Waals surface area contributed by atoms with Crippen LogP contribution in [-0.2, 0) is 45.1 Å². The van der Waals surface area contributed by atoms with Crippen LogP contribution in [0.5, 0.6) is 11.5 Å². The number of esters is 1. The Balaban J connectivity index is 1.70. The molecule has 16 heteroatoms. The third-order valence-corrected chi connectivity index (χ3v) is 12.6. The monoisotopic (exact) mass is 898 g/mol. The maximum atomic E-state index is 14.3. The van der Waals surface area contributed by atoms with Crippen molar-refractivity contribution in [1.82, 2.24) is 13.8 Å². The molecule has 64 heavy (non-hydrogen) atoms. The second kappa shape index (κ2) is 22.5. The fourth-order valence-electron chi connectivity index (χ4n) is 7.38. The zero-order chi connectivity index (χ0) is 46.6. The van der Waals surface area contributed by atoms with Crippen molar-refractivity contribution >= 4 is 14.5 Å². The van der Waals surface area contributed by atoms with Crippen molar-refractivity contribution in [3.8, 4) is 29.9 Å². The number of hydrogen-bond donors (Lipinski definition) is 0. The summed E-state index contributed by atoms with van der Waals surface area (Å²) in [5, 5.41) is 9.47. The Labute approximate surface area is 376 Å². The summed E-state index contributed by atoms with van der Waals surface area (Å²) in [7, 11) is 1.28. The molecule has 0 radical (unpaired) electrons. The zero-order valence-corrected chi connectivity index (χ0v) is 38.9. The molecule has 0 spiro atoms. The van der Waals surface area contributed by atoms with Gasteiger partial charge in [0.1, 0.15) is 42.0 Å².